The highest BCUT2D eigenvalue weighted by Gasteiger charge is 2.31. The van der Waals surface area contributed by atoms with Gasteiger partial charge in [0.25, 0.3) is 5.91 Å². The van der Waals surface area contributed by atoms with Gasteiger partial charge in [0.15, 0.2) is 5.69 Å². The Hall–Kier alpha value is -3.77. The molecule has 1 saturated heterocycles. The topological polar surface area (TPSA) is 63.8 Å². The lowest BCUT2D eigenvalue weighted by Crippen LogP contribution is -2.47. The molecule has 1 aliphatic rings. The number of imidazole rings is 1. The van der Waals surface area contributed by atoms with E-state index in [-0.39, 0.29) is 28.8 Å². The van der Waals surface area contributed by atoms with Crippen molar-refractivity contribution in [3.63, 3.8) is 0 Å². The summed E-state index contributed by atoms with van der Waals surface area (Å²) < 4.78 is 36.5. The van der Waals surface area contributed by atoms with Crippen LogP contribution < -0.4 is 10.1 Å². The molecule has 3 aromatic rings. The normalized spacial score (nSPS) is 15.8. The second kappa shape index (κ2) is 9.38. The summed E-state index contributed by atoms with van der Waals surface area (Å²) in [6, 6.07) is 10.6. The lowest BCUT2D eigenvalue weighted by molar-refractivity contribution is 0.0687. The minimum Gasteiger partial charge on any atom is -0.497 e. The maximum absolute atomic E-state index is 15.7. The fraction of sp³-hybridized carbons (Fsp3) is 0.292. The van der Waals surface area contributed by atoms with Crippen LogP contribution in [0.3, 0.4) is 0 Å². The van der Waals surface area contributed by atoms with Crippen molar-refractivity contribution in [2.24, 2.45) is 0 Å². The number of halogens is 2. The minimum atomic E-state index is -0.832. The molecule has 1 aromatic heterocycles. The van der Waals surface area contributed by atoms with Gasteiger partial charge in [0.1, 0.15) is 17.4 Å². The van der Waals surface area contributed by atoms with Crippen molar-refractivity contribution >= 4 is 11.6 Å². The number of rotatable bonds is 5. The predicted molar refractivity (Wildman–Crippen MR) is 120 cm³/mol. The number of amides is 1. The van der Waals surface area contributed by atoms with E-state index >= 15 is 4.39 Å². The summed E-state index contributed by atoms with van der Waals surface area (Å²) in [5.74, 6) is -1.44. The van der Waals surface area contributed by atoms with Crippen molar-refractivity contribution in [3.8, 4) is 22.8 Å². The van der Waals surface area contributed by atoms with Gasteiger partial charge < -0.3 is 15.0 Å². The molecule has 7 nitrogen and oxygen atoms in total. The largest absolute Gasteiger partial charge is 0.497 e. The average Bonchev–Trinajstić information content (AvgIpc) is 3.20. The summed E-state index contributed by atoms with van der Waals surface area (Å²) in [6.45, 7) is 8.01. The van der Waals surface area contributed by atoms with Crippen molar-refractivity contribution in [3.05, 3.63) is 71.3 Å². The summed E-state index contributed by atoms with van der Waals surface area (Å²) in [5, 5.41) is 3.16. The van der Waals surface area contributed by atoms with Gasteiger partial charge in [-0.2, -0.15) is 4.39 Å². The zero-order chi connectivity index (χ0) is 23.5. The molecule has 0 radical (unpaired) electrons. The second-order valence-corrected chi connectivity index (χ2v) is 7.77. The Morgan fingerprint density at radius 1 is 1.24 bits per heavy atom. The van der Waals surface area contributed by atoms with Gasteiger partial charge in [0, 0.05) is 24.7 Å². The number of likely N-dealkylation sites (N-methyl/N-ethyl adjacent to an activating group) is 1. The molecular weight excluding hydrogens is 428 g/mol. The van der Waals surface area contributed by atoms with Crippen molar-refractivity contribution in [2.45, 2.75) is 18.9 Å². The van der Waals surface area contributed by atoms with E-state index in [2.05, 4.69) is 15.1 Å². The summed E-state index contributed by atoms with van der Waals surface area (Å²) in [5.41, 5.74) is 0.174. The van der Waals surface area contributed by atoms with Crippen LogP contribution in [0.4, 0.5) is 14.5 Å². The molecule has 0 unspecified atom stereocenters. The van der Waals surface area contributed by atoms with Gasteiger partial charge >= 0.3 is 0 Å². The number of hydrogen-bond donors (Lipinski definition) is 1. The van der Waals surface area contributed by atoms with E-state index in [0.29, 0.717) is 24.5 Å². The Morgan fingerprint density at radius 2 is 2.00 bits per heavy atom. The highest BCUT2D eigenvalue weighted by Crippen LogP contribution is 2.31. The lowest BCUT2D eigenvalue weighted by Gasteiger charge is -2.32. The van der Waals surface area contributed by atoms with Crippen LogP contribution in [0.2, 0.25) is 0 Å². The molecule has 4 rings (SSSR count). The molecule has 0 bridgehead atoms. The minimum absolute atomic E-state index is 0.0682. The summed E-state index contributed by atoms with van der Waals surface area (Å²) in [4.78, 5) is 22.3. The number of ether oxygens (including phenoxy) is 1. The molecule has 1 aliphatic heterocycles. The van der Waals surface area contributed by atoms with Crippen molar-refractivity contribution < 1.29 is 18.3 Å². The fourth-order valence-corrected chi connectivity index (χ4v) is 3.98. The highest BCUT2D eigenvalue weighted by atomic mass is 19.1. The van der Waals surface area contributed by atoms with E-state index in [4.69, 9.17) is 11.3 Å². The Kier molecular flexibility index (Phi) is 6.38. The molecular formula is C24H23F2N5O2. The zero-order valence-corrected chi connectivity index (χ0v) is 18.3. The third-order valence-corrected chi connectivity index (χ3v) is 5.80. The predicted octanol–water partition coefficient (Wildman–Crippen LogP) is 4.20. The first kappa shape index (κ1) is 22.4. The fourth-order valence-electron chi connectivity index (χ4n) is 3.98. The maximum atomic E-state index is 15.7. The molecule has 1 N–H and O–H groups in total. The van der Waals surface area contributed by atoms with Gasteiger partial charge in [-0.05, 0) is 50.2 Å². The lowest BCUT2D eigenvalue weighted by atomic mass is 10.1. The Balaban J connectivity index is 1.83. The molecule has 33 heavy (non-hydrogen) atoms. The number of methoxy groups -OCH3 is 1. The molecule has 0 aliphatic carbocycles. The molecule has 1 atom stereocenters. The molecule has 1 fully saturated rings. The number of likely N-dealkylation sites (tertiary alicyclic amines) is 1. The molecule has 0 spiro atoms. The second-order valence-electron chi connectivity index (χ2n) is 7.77. The number of aromatic nitrogens is 2. The standard InChI is InChI=1S/C24H23F2N5O2/c1-27-16-5-4-12-30(14-16)24(32)21-22(26)31(17-7-9-18(33-3)10-8-17)23(29-21)15-6-11-20(28-2)19(25)13-15/h6-11,13,16,27H,4-5,12,14H2,1,3H3/t16-/m1/s1. The van der Waals surface area contributed by atoms with Crippen LogP contribution in [-0.2, 0) is 0 Å². The molecule has 0 saturated carbocycles. The van der Waals surface area contributed by atoms with Gasteiger partial charge in [-0.1, -0.05) is 12.1 Å². The van der Waals surface area contributed by atoms with Crippen LogP contribution in [0.25, 0.3) is 21.9 Å². The zero-order valence-electron chi connectivity index (χ0n) is 18.3. The van der Waals surface area contributed by atoms with E-state index in [1.807, 2.05) is 7.05 Å². The number of carbonyl (C=O) groups excluding carboxylic acids is 1. The molecule has 2 aromatic carbocycles. The number of nitrogens with one attached hydrogen (secondary N) is 1. The highest BCUT2D eigenvalue weighted by molar-refractivity contribution is 5.93. The van der Waals surface area contributed by atoms with Crippen molar-refractivity contribution in [1.82, 2.24) is 19.8 Å². The van der Waals surface area contributed by atoms with Crippen LogP contribution in [0.5, 0.6) is 5.75 Å². The van der Waals surface area contributed by atoms with Gasteiger partial charge in [-0.3, -0.25) is 9.36 Å². The van der Waals surface area contributed by atoms with Crippen molar-refractivity contribution in [1.29, 1.82) is 0 Å². The molecule has 170 valence electrons. The third kappa shape index (κ3) is 4.30. The first-order chi connectivity index (χ1) is 16.0. The first-order valence-electron chi connectivity index (χ1n) is 10.5. The van der Waals surface area contributed by atoms with Gasteiger partial charge in [0.05, 0.1) is 19.4 Å². The number of hydrogen-bond acceptors (Lipinski definition) is 4. The monoisotopic (exact) mass is 451 g/mol. The quantitative estimate of drug-likeness (QED) is 0.591. The van der Waals surface area contributed by atoms with Crippen LogP contribution in [0, 0.1) is 18.3 Å². The smallest absolute Gasteiger partial charge is 0.277 e. The summed E-state index contributed by atoms with van der Waals surface area (Å²) >= 11 is 0. The van der Waals surface area contributed by atoms with E-state index in [0.717, 1.165) is 18.9 Å². The van der Waals surface area contributed by atoms with Gasteiger partial charge in [0.2, 0.25) is 11.6 Å². The van der Waals surface area contributed by atoms with E-state index in [1.165, 1.54) is 23.8 Å². The summed E-state index contributed by atoms with van der Waals surface area (Å²) in [6.07, 6.45) is 1.73. The van der Waals surface area contributed by atoms with Crippen LogP contribution >= 0.6 is 0 Å². The van der Waals surface area contributed by atoms with Gasteiger partial charge in [-0.15, -0.1) is 0 Å². The molecule has 9 heteroatoms. The van der Waals surface area contributed by atoms with E-state index in [1.54, 1.807) is 29.2 Å². The number of benzene rings is 2. The Labute approximate surface area is 190 Å². The SMILES string of the molecule is [C-]#[N+]c1ccc(-c2nc(C(=O)N3CCC[C@@H](NC)C3)c(F)n2-c2ccc(OC)cc2)cc1F. The maximum Gasteiger partial charge on any atom is 0.277 e. The number of carbonyl (C=O) groups is 1. The van der Waals surface area contributed by atoms with Crippen LogP contribution in [0.1, 0.15) is 23.3 Å². The van der Waals surface area contributed by atoms with Crippen LogP contribution in [-0.4, -0.2) is 53.6 Å². The average molecular weight is 451 g/mol. The molecule has 2 heterocycles. The molecule has 1 amide bonds. The summed E-state index contributed by atoms with van der Waals surface area (Å²) in [7, 11) is 3.35. The number of piperidine rings is 1. The van der Waals surface area contributed by atoms with E-state index < -0.39 is 17.7 Å². The number of nitrogens with zero attached hydrogens (tertiary/aromatic N) is 4. The third-order valence-electron chi connectivity index (χ3n) is 5.80. The van der Waals surface area contributed by atoms with Gasteiger partial charge in [-0.25, -0.2) is 14.2 Å². The first-order valence-corrected chi connectivity index (χ1v) is 10.5. The van der Waals surface area contributed by atoms with Crippen molar-refractivity contribution in [2.75, 3.05) is 27.2 Å². The Morgan fingerprint density at radius 3 is 2.64 bits per heavy atom. The Bertz CT molecular complexity index is 1220. The van der Waals surface area contributed by atoms with Crippen LogP contribution in [0.15, 0.2) is 42.5 Å². The van der Waals surface area contributed by atoms with E-state index in [9.17, 15) is 9.18 Å².